The summed E-state index contributed by atoms with van der Waals surface area (Å²) in [6.45, 7) is 1.49. The van der Waals surface area contributed by atoms with Gasteiger partial charge in [-0.15, -0.1) is 0 Å². The lowest BCUT2D eigenvalue weighted by Gasteiger charge is -2.13. The van der Waals surface area contributed by atoms with Gasteiger partial charge in [0.2, 0.25) is 10.0 Å². The van der Waals surface area contributed by atoms with E-state index >= 15 is 0 Å². The Morgan fingerprint density at radius 3 is 2.71 bits per heavy atom. The second-order valence-electron chi connectivity index (χ2n) is 5.01. The van der Waals surface area contributed by atoms with Crippen molar-refractivity contribution in [3.63, 3.8) is 0 Å². The minimum Gasteiger partial charge on any atom is -0.394 e. The van der Waals surface area contributed by atoms with Gasteiger partial charge in [0.15, 0.2) is 0 Å². The first-order valence-corrected chi connectivity index (χ1v) is 8.65. The molecule has 0 radical (unpaired) electrons. The molecule has 0 amide bonds. The molecule has 1 fully saturated rings. The molecule has 0 saturated heterocycles. The molecular formula is C14H22N2O4S. The summed E-state index contributed by atoms with van der Waals surface area (Å²) in [5, 5.41) is 11.7. The van der Waals surface area contributed by atoms with Crippen LogP contribution in [0.5, 0.6) is 0 Å². The first-order chi connectivity index (χ1) is 10.1. The van der Waals surface area contributed by atoms with E-state index in [0.717, 1.165) is 19.3 Å². The summed E-state index contributed by atoms with van der Waals surface area (Å²) in [4.78, 5) is 0.285. The van der Waals surface area contributed by atoms with Crippen LogP contribution in [0.4, 0.5) is 5.69 Å². The van der Waals surface area contributed by atoms with Gasteiger partial charge in [-0.1, -0.05) is 12.1 Å². The van der Waals surface area contributed by atoms with Crippen molar-refractivity contribution in [2.75, 3.05) is 31.7 Å². The first-order valence-electron chi connectivity index (χ1n) is 7.17. The van der Waals surface area contributed by atoms with Crippen molar-refractivity contribution < 1.29 is 18.3 Å². The number of benzene rings is 1. The lowest BCUT2D eigenvalue weighted by atomic mass is 10.3. The predicted molar refractivity (Wildman–Crippen MR) is 80.8 cm³/mol. The van der Waals surface area contributed by atoms with E-state index in [1.807, 2.05) is 0 Å². The largest absolute Gasteiger partial charge is 0.394 e. The number of aliphatic hydroxyl groups is 1. The summed E-state index contributed by atoms with van der Waals surface area (Å²) in [7, 11) is -3.46. The van der Waals surface area contributed by atoms with Crippen molar-refractivity contribution in [3.8, 4) is 0 Å². The lowest BCUT2D eigenvalue weighted by Crippen LogP contribution is -2.26. The van der Waals surface area contributed by atoms with Gasteiger partial charge in [0.1, 0.15) is 4.90 Å². The number of para-hydroxylation sites is 1. The number of aliphatic hydroxyl groups excluding tert-OH is 1. The van der Waals surface area contributed by atoms with Gasteiger partial charge in [0.05, 0.1) is 18.9 Å². The molecule has 0 bridgehead atoms. The molecule has 0 spiro atoms. The molecule has 21 heavy (non-hydrogen) atoms. The number of rotatable bonds is 10. The third-order valence-corrected chi connectivity index (χ3v) is 4.67. The zero-order valence-corrected chi connectivity index (χ0v) is 12.7. The summed E-state index contributed by atoms with van der Waals surface area (Å²) >= 11 is 0. The number of ether oxygens (including phenoxy) is 1. The lowest BCUT2D eigenvalue weighted by molar-refractivity contribution is 0.0922. The highest BCUT2D eigenvalue weighted by Crippen LogP contribution is 2.25. The smallest absolute Gasteiger partial charge is 0.242 e. The monoisotopic (exact) mass is 314 g/mol. The van der Waals surface area contributed by atoms with Crippen molar-refractivity contribution in [2.45, 2.75) is 30.2 Å². The van der Waals surface area contributed by atoms with E-state index in [0.29, 0.717) is 25.4 Å². The molecule has 7 heteroatoms. The Bertz CT molecular complexity index is 544. The topological polar surface area (TPSA) is 87.7 Å². The minimum atomic E-state index is -3.46. The van der Waals surface area contributed by atoms with E-state index in [1.165, 1.54) is 0 Å². The van der Waals surface area contributed by atoms with Crippen LogP contribution >= 0.6 is 0 Å². The van der Waals surface area contributed by atoms with Crippen LogP contribution < -0.4 is 10.0 Å². The van der Waals surface area contributed by atoms with Crippen molar-refractivity contribution >= 4 is 15.7 Å². The molecule has 6 nitrogen and oxygen atoms in total. The van der Waals surface area contributed by atoms with Gasteiger partial charge in [-0.25, -0.2) is 13.1 Å². The van der Waals surface area contributed by atoms with Crippen molar-refractivity contribution in [2.24, 2.45) is 0 Å². The van der Waals surface area contributed by atoms with Crippen LogP contribution in [0, 0.1) is 0 Å². The molecule has 1 aromatic rings. The highest BCUT2D eigenvalue weighted by atomic mass is 32.2. The highest BCUT2D eigenvalue weighted by Gasteiger charge is 2.29. The van der Waals surface area contributed by atoms with Crippen LogP contribution in [0.1, 0.15) is 19.3 Å². The maximum absolute atomic E-state index is 12.3. The summed E-state index contributed by atoms with van der Waals surface area (Å²) < 4.78 is 32.4. The minimum absolute atomic E-state index is 0.0152. The average Bonchev–Trinajstić information content (AvgIpc) is 3.26. The summed E-state index contributed by atoms with van der Waals surface area (Å²) in [6.07, 6.45) is 2.57. The SMILES string of the molecule is O=S(=O)(NC1CC1)c1ccccc1NCCCOCCO. The van der Waals surface area contributed by atoms with Crippen LogP contribution in [0.2, 0.25) is 0 Å². The first kappa shape index (κ1) is 16.2. The Labute approximate surface area is 125 Å². The van der Waals surface area contributed by atoms with E-state index in [1.54, 1.807) is 24.3 Å². The number of sulfonamides is 1. The van der Waals surface area contributed by atoms with Gasteiger partial charge in [0, 0.05) is 19.2 Å². The van der Waals surface area contributed by atoms with Crippen LogP contribution in [0.3, 0.4) is 0 Å². The fraction of sp³-hybridized carbons (Fsp3) is 0.571. The highest BCUT2D eigenvalue weighted by molar-refractivity contribution is 7.89. The van der Waals surface area contributed by atoms with E-state index < -0.39 is 10.0 Å². The van der Waals surface area contributed by atoms with E-state index in [-0.39, 0.29) is 17.5 Å². The summed E-state index contributed by atoms with van der Waals surface area (Å²) in [5.74, 6) is 0. The molecule has 3 N–H and O–H groups in total. The van der Waals surface area contributed by atoms with Gasteiger partial charge in [0.25, 0.3) is 0 Å². The van der Waals surface area contributed by atoms with Gasteiger partial charge >= 0.3 is 0 Å². The number of hydrogen-bond donors (Lipinski definition) is 3. The van der Waals surface area contributed by atoms with Gasteiger partial charge in [-0.3, -0.25) is 0 Å². The van der Waals surface area contributed by atoms with Gasteiger partial charge in [-0.05, 0) is 31.4 Å². The molecule has 2 rings (SSSR count). The van der Waals surface area contributed by atoms with Crippen molar-refractivity contribution in [1.29, 1.82) is 0 Å². The Morgan fingerprint density at radius 2 is 2.00 bits per heavy atom. The number of hydrogen-bond acceptors (Lipinski definition) is 5. The quantitative estimate of drug-likeness (QED) is 0.559. The zero-order valence-electron chi connectivity index (χ0n) is 11.9. The third kappa shape index (κ3) is 5.28. The van der Waals surface area contributed by atoms with Crippen LogP contribution in [0.15, 0.2) is 29.2 Å². The van der Waals surface area contributed by atoms with Crippen LogP contribution in [0.25, 0.3) is 0 Å². The molecule has 0 atom stereocenters. The Hall–Kier alpha value is -1.15. The normalized spacial score (nSPS) is 15.1. The van der Waals surface area contributed by atoms with E-state index in [4.69, 9.17) is 9.84 Å². The molecular weight excluding hydrogens is 292 g/mol. The molecule has 1 saturated carbocycles. The summed E-state index contributed by atoms with van der Waals surface area (Å²) in [5.41, 5.74) is 0.604. The van der Waals surface area contributed by atoms with Crippen LogP contribution in [-0.2, 0) is 14.8 Å². The second kappa shape index (κ2) is 7.74. The Kier molecular flexibility index (Phi) is 5.98. The van der Waals surface area contributed by atoms with Gasteiger partial charge < -0.3 is 15.2 Å². The maximum Gasteiger partial charge on any atom is 0.242 e. The predicted octanol–water partition coefficient (Wildman–Crippen LogP) is 0.938. The van der Waals surface area contributed by atoms with E-state index in [2.05, 4.69) is 10.0 Å². The molecule has 0 aliphatic heterocycles. The Balaban J connectivity index is 1.90. The summed E-state index contributed by atoms with van der Waals surface area (Å²) in [6, 6.07) is 6.98. The average molecular weight is 314 g/mol. The molecule has 1 aromatic carbocycles. The maximum atomic E-state index is 12.3. The van der Waals surface area contributed by atoms with Crippen molar-refractivity contribution in [3.05, 3.63) is 24.3 Å². The van der Waals surface area contributed by atoms with Crippen molar-refractivity contribution in [1.82, 2.24) is 4.72 Å². The molecule has 1 aliphatic rings. The fourth-order valence-electron chi connectivity index (χ4n) is 1.90. The van der Waals surface area contributed by atoms with Crippen LogP contribution in [-0.4, -0.2) is 45.9 Å². The molecule has 118 valence electrons. The molecule has 0 heterocycles. The third-order valence-electron chi connectivity index (χ3n) is 3.09. The van der Waals surface area contributed by atoms with Gasteiger partial charge in [-0.2, -0.15) is 0 Å². The fourth-order valence-corrected chi connectivity index (χ4v) is 3.38. The zero-order chi connectivity index (χ0) is 15.1. The standard InChI is InChI=1S/C14H22N2O4S/c17-9-11-20-10-3-8-15-13-4-1-2-5-14(13)21(18,19)16-12-6-7-12/h1-2,4-5,12,15-17H,3,6-11H2. The molecule has 0 aromatic heterocycles. The molecule has 1 aliphatic carbocycles. The molecule has 0 unspecified atom stereocenters. The number of nitrogens with one attached hydrogen (secondary N) is 2. The van der Waals surface area contributed by atoms with E-state index in [9.17, 15) is 8.42 Å². The Morgan fingerprint density at radius 1 is 1.24 bits per heavy atom. The number of anilines is 1. The second-order valence-corrected chi connectivity index (χ2v) is 6.69.